The molecule has 2 N–H and O–H groups in total. The number of aliphatic hydroxyl groups is 1. The first-order valence-corrected chi connectivity index (χ1v) is 13.8. The standard InChI is InChI=1S/C26H24FN3O6S/c1-37(32,33)13-14-2-7-18(28-10-14)15-3-5-16(6-4-15)24-17(27)8-19-20(30-24)9-23(29-19)36-22-12-35-25-21(31)11-34-26(22)25/h2-10,21-22,25-26,29,31H,11-13H2,1H3/t21-,22-,25-,26-/m1/s1. The molecule has 37 heavy (non-hydrogen) atoms. The van der Waals surface area contributed by atoms with E-state index in [-0.39, 0.29) is 36.9 Å². The average Bonchev–Trinajstić information content (AvgIpc) is 3.55. The van der Waals surface area contributed by atoms with Crippen LogP contribution in [0.4, 0.5) is 4.39 Å². The predicted octanol–water partition coefficient (Wildman–Crippen LogP) is 2.88. The normalized spacial score (nSPS) is 23.4. The van der Waals surface area contributed by atoms with Crippen molar-refractivity contribution >= 4 is 20.9 Å². The lowest BCUT2D eigenvalue weighted by Gasteiger charge is -2.16. The molecule has 4 atom stereocenters. The van der Waals surface area contributed by atoms with Crippen LogP contribution in [0.5, 0.6) is 5.88 Å². The Morgan fingerprint density at radius 1 is 1.08 bits per heavy atom. The summed E-state index contributed by atoms with van der Waals surface area (Å²) in [5.41, 5.74) is 3.94. The van der Waals surface area contributed by atoms with Crippen molar-refractivity contribution in [2.24, 2.45) is 0 Å². The molecule has 11 heteroatoms. The van der Waals surface area contributed by atoms with E-state index in [9.17, 15) is 17.9 Å². The van der Waals surface area contributed by atoms with Crippen LogP contribution in [0.25, 0.3) is 33.5 Å². The molecule has 0 spiro atoms. The van der Waals surface area contributed by atoms with Gasteiger partial charge in [-0.15, -0.1) is 0 Å². The van der Waals surface area contributed by atoms with E-state index in [2.05, 4.69) is 15.0 Å². The number of H-pyrrole nitrogens is 1. The number of hydrogen-bond acceptors (Lipinski definition) is 8. The maximum Gasteiger partial charge on any atom is 0.193 e. The van der Waals surface area contributed by atoms with E-state index in [1.807, 2.05) is 12.1 Å². The molecule has 5 heterocycles. The lowest BCUT2D eigenvalue weighted by molar-refractivity contribution is 0.00794. The Balaban J connectivity index is 1.21. The third-order valence-electron chi connectivity index (χ3n) is 6.50. The molecular weight excluding hydrogens is 501 g/mol. The van der Waals surface area contributed by atoms with Gasteiger partial charge in [0.1, 0.15) is 24.0 Å². The molecule has 2 saturated heterocycles. The van der Waals surface area contributed by atoms with Crippen LogP contribution in [0.15, 0.2) is 54.7 Å². The van der Waals surface area contributed by atoms with Gasteiger partial charge in [-0.3, -0.25) is 4.98 Å². The Hall–Kier alpha value is -3.38. The number of halogens is 1. The zero-order chi connectivity index (χ0) is 25.7. The summed E-state index contributed by atoms with van der Waals surface area (Å²) in [7, 11) is -3.13. The van der Waals surface area contributed by atoms with Gasteiger partial charge < -0.3 is 24.3 Å². The zero-order valence-corrected chi connectivity index (χ0v) is 20.6. The number of benzene rings is 1. The molecule has 0 saturated carbocycles. The summed E-state index contributed by atoms with van der Waals surface area (Å²) in [6, 6.07) is 13.7. The van der Waals surface area contributed by atoms with Gasteiger partial charge in [0.15, 0.2) is 27.6 Å². The van der Waals surface area contributed by atoms with Gasteiger partial charge >= 0.3 is 0 Å². The molecule has 0 amide bonds. The van der Waals surface area contributed by atoms with Gasteiger partial charge in [0.2, 0.25) is 0 Å². The van der Waals surface area contributed by atoms with E-state index in [0.29, 0.717) is 33.7 Å². The van der Waals surface area contributed by atoms with Crippen LogP contribution >= 0.6 is 0 Å². The number of ether oxygens (including phenoxy) is 3. The first-order valence-electron chi connectivity index (χ1n) is 11.7. The van der Waals surface area contributed by atoms with E-state index in [1.165, 1.54) is 12.3 Å². The second kappa shape index (κ2) is 9.18. The summed E-state index contributed by atoms with van der Waals surface area (Å²) in [4.78, 5) is 11.9. The molecule has 9 nitrogen and oxygen atoms in total. The molecule has 1 aromatic carbocycles. The number of aliphatic hydroxyl groups excluding tert-OH is 1. The third kappa shape index (κ3) is 4.82. The third-order valence-corrected chi connectivity index (χ3v) is 7.36. The number of sulfone groups is 1. The number of pyridine rings is 2. The van der Waals surface area contributed by atoms with Crippen molar-refractivity contribution in [2.45, 2.75) is 30.2 Å². The Kier molecular flexibility index (Phi) is 5.95. The molecule has 0 aliphatic carbocycles. The van der Waals surface area contributed by atoms with Crippen LogP contribution in [-0.4, -0.2) is 72.4 Å². The number of aromatic amines is 1. The molecule has 192 valence electrons. The molecule has 0 radical (unpaired) electrons. The maximum atomic E-state index is 15.0. The molecule has 2 aliphatic rings. The Bertz CT molecular complexity index is 1560. The summed E-state index contributed by atoms with van der Waals surface area (Å²) >= 11 is 0. The highest BCUT2D eigenvalue weighted by atomic mass is 32.2. The minimum Gasteiger partial charge on any atom is -0.470 e. The highest BCUT2D eigenvalue weighted by Crippen LogP contribution is 2.32. The summed E-state index contributed by atoms with van der Waals surface area (Å²) in [5, 5.41) is 9.91. The zero-order valence-electron chi connectivity index (χ0n) is 19.8. The van der Waals surface area contributed by atoms with Crippen molar-refractivity contribution < 1.29 is 32.1 Å². The van der Waals surface area contributed by atoms with Crippen LogP contribution in [0.2, 0.25) is 0 Å². The number of nitrogens with one attached hydrogen (secondary N) is 1. The lowest BCUT2D eigenvalue weighted by Crippen LogP contribution is -2.34. The molecule has 0 bridgehead atoms. The highest BCUT2D eigenvalue weighted by Gasteiger charge is 2.48. The molecule has 6 rings (SSSR count). The van der Waals surface area contributed by atoms with E-state index in [0.717, 1.165) is 5.56 Å². The van der Waals surface area contributed by atoms with Crippen molar-refractivity contribution in [2.75, 3.05) is 19.5 Å². The minimum absolute atomic E-state index is 0.0645. The van der Waals surface area contributed by atoms with Gasteiger partial charge in [-0.1, -0.05) is 30.3 Å². The summed E-state index contributed by atoms with van der Waals surface area (Å²) in [5.74, 6) is -0.132. The van der Waals surface area contributed by atoms with Crippen molar-refractivity contribution in [1.82, 2.24) is 15.0 Å². The Labute approximate surface area is 212 Å². The van der Waals surface area contributed by atoms with Gasteiger partial charge in [-0.2, -0.15) is 0 Å². The van der Waals surface area contributed by atoms with Crippen molar-refractivity contribution in [1.29, 1.82) is 0 Å². The van der Waals surface area contributed by atoms with Crippen LogP contribution in [0.3, 0.4) is 0 Å². The number of aromatic nitrogens is 3. The van der Waals surface area contributed by atoms with Gasteiger partial charge in [0.05, 0.1) is 35.7 Å². The smallest absolute Gasteiger partial charge is 0.193 e. The maximum absolute atomic E-state index is 15.0. The molecular formula is C26H24FN3O6S. The van der Waals surface area contributed by atoms with E-state index in [1.54, 1.807) is 36.5 Å². The van der Waals surface area contributed by atoms with Crippen LogP contribution in [0, 0.1) is 5.82 Å². The quantitative estimate of drug-likeness (QED) is 0.394. The second-order valence-electron chi connectivity index (χ2n) is 9.40. The minimum atomic E-state index is -3.13. The topological polar surface area (TPSA) is 124 Å². The fourth-order valence-corrected chi connectivity index (χ4v) is 5.54. The number of rotatable bonds is 6. The van der Waals surface area contributed by atoms with Gasteiger partial charge in [0.25, 0.3) is 0 Å². The van der Waals surface area contributed by atoms with E-state index >= 15 is 0 Å². The van der Waals surface area contributed by atoms with Crippen molar-refractivity contribution in [3.8, 4) is 28.4 Å². The largest absolute Gasteiger partial charge is 0.470 e. The van der Waals surface area contributed by atoms with E-state index < -0.39 is 27.9 Å². The fourth-order valence-electron chi connectivity index (χ4n) is 4.76. The van der Waals surface area contributed by atoms with Gasteiger partial charge in [-0.25, -0.2) is 17.8 Å². The van der Waals surface area contributed by atoms with Gasteiger partial charge in [-0.05, 0) is 11.6 Å². The van der Waals surface area contributed by atoms with Crippen molar-refractivity contribution in [3.63, 3.8) is 0 Å². The van der Waals surface area contributed by atoms with Crippen LogP contribution in [0.1, 0.15) is 5.56 Å². The first-order chi connectivity index (χ1) is 17.7. The van der Waals surface area contributed by atoms with E-state index in [4.69, 9.17) is 14.2 Å². The predicted molar refractivity (Wildman–Crippen MR) is 133 cm³/mol. The molecule has 3 aromatic heterocycles. The first kappa shape index (κ1) is 24.0. The molecule has 2 fully saturated rings. The summed E-state index contributed by atoms with van der Waals surface area (Å²) in [6.07, 6.45) is 0.915. The fraction of sp³-hybridized carbons (Fsp3) is 0.308. The van der Waals surface area contributed by atoms with Crippen LogP contribution in [-0.2, 0) is 25.1 Å². The molecule has 2 aliphatic heterocycles. The average molecular weight is 526 g/mol. The van der Waals surface area contributed by atoms with Gasteiger partial charge in [0, 0.05) is 35.7 Å². The monoisotopic (exact) mass is 525 g/mol. The molecule has 0 unspecified atom stereocenters. The second-order valence-corrected chi connectivity index (χ2v) is 11.5. The summed E-state index contributed by atoms with van der Waals surface area (Å²) in [6.45, 7) is 0.498. The number of fused-ring (bicyclic) bond motifs is 2. The SMILES string of the molecule is CS(=O)(=O)Cc1ccc(-c2ccc(-c3nc4cc(O[C@@H]5CO[C@H]6[C@@H]5OC[C@H]6O)[nH]c4cc3F)cc2)nc1. The molecule has 4 aromatic rings. The Morgan fingerprint density at radius 2 is 1.84 bits per heavy atom. The van der Waals surface area contributed by atoms with Crippen LogP contribution < -0.4 is 4.74 Å². The Morgan fingerprint density at radius 3 is 2.57 bits per heavy atom. The lowest BCUT2D eigenvalue weighted by atomic mass is 10.1. The number of nitrogens with zero attached hydrogens (tertiary/aromatic N) is 2. The van der Waals surface area contributed by atoms with Crippen molar-refractivity contribution in [3.05, 3.63) is 66.1 Å². The summed E-state index contributed by atoms with van der Waals surface area (Å²) < 4.78 is 55.1. The highest BCUT2D eigenvalue weighted by molar-refractivity contribution is 7.89. The number of hydrogen-bond donors (Lipinski definition) is 2.